The van der Waals surface area contributed by atoms with Gasteiger partial charge in [-0.1, -0.05) is 6.92 Å². The Bertz CT molecular complexity index is 693. The first kappa shape index (κ1) is 17.5. The van der Waals surface area contributed by atoms with Crippen LogP contribution in [-0.2, 0) is 0 Å². The van der Waals surface area contributed by atoms with Crippen LogP contribution in [0.4, 0.5) is 10.8 Å². The van der Waals surface area contributed by atoms with Crippen LogP contribution >= 0.6 is 11.3 Å². The Labute approximate surface area is 152 Å². The van der Waals surface area contributed by atoms with Gasteiger partial charge in [0.1, 0.15) is 11.4 Å². The summed E-state index contributed by atoms with van der Waals surface area (Å²) in [5, 5.41) is 5.64. The van der Waals surface area contributed by atoms with Gasteiger partial charge in [-0.3, -0.25) is 4.79 Å². The van der Waals surface area contributed by atoms with E-state index in [1.54, 1.807) is 7.11 Å². The monoisotopic (exact) mass is 360 g/mol. The van der Waals surface area contributed by atoms with E-state index in [-0.39, 0.29) is 5.91 Å². The zero-order chi connectivity index (χ0) is 17.6. The lowest BCUT2D eigenvalue weighted by Gasteiger charge is -2.36. The molecule has 1 saturated heterocycles. The summed E-state index contributed by atoms with van der Waals surface area (Å²) in [6.45, 7) is 6.39. The molecule has 134 valence electrons. The van der Waals surface area contributed by atoms with Crippen molar-refractivity contribution in [1.29, 1.82) is 0 Å². The summed E-state index contributed by atoms with van der Waals surface area (Å²) < 4.78 is 5.21. The Morgan fingerprint density at radius 2 is 1.88 bits per heavy atom. The maximum absolute atomic E-state index is 12.0. The summed E-state index contributed by atoms with van der Waals surface area (Å²) in [5.41, 5.74) is 1.73. The second-order valence-electron chi connectivity index (χ2n) is 5.94. The molecule has 7 heteroatoms. The molecule has 1 fully saturated rings. The molecule has 0 spiro atoms. The van der Waals surface area contributed by atoms with Gasteiger partial charge in [-0.05, 0) is 30.7 Å². The molecular formula is C18H24N4O2S. The molecule has 1 aliphatic heterocycles. The largest absolute Gasteiger partial charge is 0.497 e. The minimum atomic E-state index is -0.0822. The quantitative estimate of drug-likeness (QED) is 0.858. The number of nitrogens with zero attached hydrogens (tertiary/aromatic N) is 3. The third-order valence-corrected chi connectivity index (χ3v) is 5.15. The van der Waals surface area contributed by atoms with Gasteiger partial charge in [0.2, 0.25) is 0 Å². The van der Waals surface area contributed by atoms with Crippen molar-refractivity contribution in [3.63, 3.8) is 0 Å². The first-order valence-corrected chi connectivity index (χ1v) is 9.47. The molecule has 1 aromatic carbocycles. The molecule has 6 nitrogen and oxygen atoms in total. The second kappa shape index (κ2) is 8.20. The molecule has 0 saturated carbocycles. The van der Waals surface area contributed by atoms with Gasteiger partial charge in [0.05, 0.1) is 7.11 Å². The number of piperazine rings is 1. The number of thiazole rings is 1. The number of hydrogen-bond donors (Lipinski definition) is 1. The van der Waals surface area contributed by atoms with Crippen molar-refractivity contribution < 1.29 is 9.53 Å². The molecular weight excluding hydrogens is 336 g/mol. The molecule has 2 heterocycles. The zero-order valence-corrected chi connectivity index (χ0v) is 15.5. The lowest BCUT2D eigenvalue weighted by atomic mass is 10.2. The van der Waals surface area contributed by atoms with Gasteiger partial charge in [0.25, 0.3) is 5.91 Å². The predicted molar refractivity (Wildman–Crippen MR) is 102 cm³/mol. The van der Waals surface area contributed by atoms with Crippen LogP contribution in [0.2, 0.25) is 0 Å². The smallest absolute Gasteiger partial charge is 0.270 e. The van der Waals surface area contributed by atoms with E-state index in [2.05, 4.69) is 32.2 Å². The maximum atomic E-state index is 12.0. The Morgan fingerprint density at radius 1 is 1.20 bits per heavy atom. The second-order valence-corrected chi connectivity index (χ2v) is 6.78. The van der Waals surface area contributed by atoms with E-state index in [4.69, 9.17) is 4.74 Å². The average Bonchev–Trinajstić information content (AvgIpc) is 3.16. The molecule has 3 rings (SSSR count). The van der Waals surface area contributed by atoms with Crippen molar-refractivity contribution >= 4 is 28.1 Å². The van der Waals surface area contributed by atoms with Gasteiger partial charge < -0.3 is 19.9 Å². The molecule has 0 radical (unpaired) electrons. The van der Waals surface area contributed by atoms with E-state index < -0.39 is 0 Å². The summed E-state index contributed by atoms with van der Waals surface area (Å²) in [6, 6.07) is 8.16. The van der Waals surface area contributed by atoms with Crippen molar-refractivity contribution in [3.8, 4) is 5.75 Å². The van der Waals surface area contributed by atoms with E-state index in [0.29, 0.717) is 12.2 Å². The van der Waals surface area contributed by atoms with E-state index in [1.807, 2.05) is 24.4 Å². The molecule has 1 aliphatic rings. The molecule has 2 aromatic rings. The fraction of sp³-hybridized carbons (Fsp3) is 0.444. The number of rotatable bonds is 6. The number of nitrogens with one attached hydrogen (secondary N) is 1. The minimum absolute atomic E-state index is 0.0822. The normalized spacial score (nSPS) is 14.5. The van der Waals surface area contributed by atoms with Gasteiger partial charge in [0, 0.05) is 43.8 Å². The first-order chi connectivity index (χ1) is 12.2. The maximum Gasteiger partial charge on any atom is 0.270 e. The van der Waals surface area contributed by atoms with E-state index >= 15 is 0 Å². The van der Waals surface area contributed by atoms with Crippen molar-refractivity contribution in [2.24, 2.45) is 0 Å². The summed E-state index contributed by atoms with van der Waals surface area (Å²) in [4.78, 5) is 21.1. The summed E-state index contributed by atoms with van der Waals surface area (Å²) in [5.74, 6) is 0.792. The minimum Gasteiger partial charge on any atom is -0.497 e. The molecule has 1 aromatic heterocycles. The highest BCUT2D eigenvalue weighted by Gasteiger charge is 2.21. The van der Waals surface area contributed by atoms with Crippen LogP contribution in [0, 0.1) is 0 Å². The number of anilines is 2. The topological polar surface area (TPSA) is 57.7 Å². The third kappa shape index (κ3) is 4.22. The number of methoxy groups -OCH3 is 1. The number of aromatic nitrogens is 1. The first-order valence-electron chi connectivity index (χ1n) is 8.59. The molecule has 1 amide bonds. The number of carbonyl (C=O) groups excluding carboxylic acids is 1. The van der Waals surface area contributed by atoms with Crippen LogP contribution in [0.25, 0.3) is 0 Å². The van der Waals surface area contributed by atoms with Gasteiger partial charge >= 0.3 is 0 Å². The van der Waals surface area contributed by atoms with Crippen LogP contribution in [0.15, 0.2) is 29.6 Å². The van der Waals surface area contributed by atoms with Crippen LogP contribution in [0.1, 0.15) is 23.8 Å². The summed E-state index contributed by atoms with van der Waals surface area (Å²) in [7, 11) is 1.68. The fourth-order valence-electron chi connectivity index (χ4n) is 2.79. The van der Waals surface area contributed by atoms with Crippen molar-refractivity contribution in [2.75, 3.05) is 49.6 Å². The highest BCUT2D eigenvalue weighted by atomic mass is 32.1. The van der Waals surface area contributed by atoms with Crippen molar-refractivity contribution in [3.05, 3.63) is 35.3 Å². The third-order valence-electron chi connectivity index (χ3n) is 4.25. The highest BCUT2D eigenvalue weighted by molar-refractivity contribution is 7.13. The predicted octanol–water partition coefficient (Wildman–Crippen LogP) is 2.62. The Balaban J connectivity index is 1.56. The lowest BCUT2D eigenvalue weighted by Crippen LogP contribution is -2.46. The molecule has 0 atom stereocenters. The summed E-state index contributed by atoms with van der Waals surface area (Å²) >= 11 is 1.54. The Kier molecular flexibility index (Phi) is 5.75. The summed E-state index contributed by atoms with van der Waals surface area (Å²) in [6.07, 6.45) is 0.927. The number of hydrogen-bond acceptors (Lipinski definition) is 6. The standard InChI is InChI=1S/C18H24N4O2S/c1-3-8-19-17(23)16-13-25-18(20-16)22-11-9-21(10-12-22)14-4-6-15(24-2)7-5-14/h4-7,13H,3,8-12H2,1-2H3,(H,19,23). The Morgan fingerprint density at radius 3 is 2.52 bits per heavy atom. The van der Waals surface area contributed by atoms with E-state index in [9.17, 15) is 4.79 Å². The van der Waals surface area contributed by atoms with Crippen LogP contribution in [-0.4, -0.2) is 50.7 Å². The molecule has 0 aliphatic carbocycles. The van der Waals surface area contributed by atoms with E-state index in [1.165, 1.54) is 17.0 Å². The van der Waals surface area contributed by atoms with Crippen LogP contribution in [0.3, 0.4) is 0 Å². The number of carbonyl (C=O) groups is 1. The zero-order valence-electron chi connectivity index (χ0n) is 14.7. The Hall–Kier alpha value is -2.28. The van der Waals surface area contributed by atoms with E-state index in [0.717, 1.165) is 43.5 Å². The molecule has 1 N–H and O–H groups in total. The molecule has 0 bridgehead atoms. The number of amides is 1. The molecule has 25 heavy (non-hydrogen) atoms. The van der Waals surface area contributed by atoms with Crippen LogP contribution in [0.5, 0.6) is 5.75 Å². The van der Waals surface area contributed by atoms with Crippen molar-refractivity contribution in [1.82, 2.24) is 10.3 Å². The SMILES string of the molecule is CCCNC(=O)c1csc(N2CCN(c3ccc(OC)cc3)CC2)n1. The van der Waals surface area contributed by atoms with Gasteiger partial charge in [-0.15, -0.1) is 11.3 Å². The van der Waals surface area contributed by atoms with Gasteiger partial charge in [0.15, 0.2) is 5.13 Å². The number of benzene rings is 1. The number of ether oxygens (including phenoxy) is 1. The van der Waals surface area contributed by atoms with Crippen LogP contribution < -0.4 is 19.9 Å². The highest BCUT2D eigenvalue weighted by Crippen LogP contribution is 2.25. The lowest BCUT2D eigenvalue weighted by molar-refractivity contribution is 0.0949. The fourth-order valence-corrected chi connectivity index (χ4v) is 3.65. The molecule has 0 unspecified atom stereocenters. The van der Waals surface area contributed by atoms with Gasteiger partial charge in [-0.2, -0.15) is 0 Å². The van der Waals surface area contributed by atoms with Gasteiger partial charge in [-0.25, -0.2) is 4.98 Å². The average molecular weight is 360 g/mol. The van der Waals surface area contributed by atoms with Crippen molar-refractivity contribution in [2.45, 2.75) is 13.3 Å².